The van der Waals surface area contributed by atoms with Crippen molar-refractivity contribution in [3.8, 4) is 11.3 Å². The molecule has 1 heterocycles. The zero-order valence-electron chi connectivity index (χ0n) is 18.2. The topological polar surface area (TPSA) is 123 Å². The number of carbonyl (C=O) groups is 2. The predicted molar refractivity (Wildman–Crippen MR) is 134 cm³/mol. The molecular weight excluding hydrogens is 434 g/mol. The van der Waals surface area contributed by atoms with E-state index in [9.17, 15) is 9.59 Å². The van der Waals surface area contributed by atoms with Crippen LogP contribution in [0, 0.1) is 5.92 Å². The molecule has 0 fully saturated rings. The Hall–Kier alpha value is -3.49. The fourth-order valence-corrected chi connectivity index (χ4v) is 4.50. The zero-order chi connectivity index (χ0) is 23.2. The van der Waals surface area contributed by atoms with E-state index >= 15 is 0 Å². The first kappa shape index (κ1) is 22.7. The maximum Gasteiger partial charge on any atom is 0.251 e. The van der Waals surface area contributed by atoms with Gasteiger partial charge in [-0.25, -0.2) is 4.98 Å². The van der Waals surface area contributed by atoms with Gasteiger partial charge in [0.2, 0.25) is 5.91 Å². The second-order valence-corrected chi connectivity index (χ2v) is 8.94. The van der Waals surface area contributed by atoms with Crippen LogP contribution in [0.5, 0.6) is 0 Å². The summed E-state index contributed by atoms with van der Waals surface area (Å²) < 4.78 is 0. The minimum Gasteiger partial charge on any atom is -0.399 e. The highest BCUT2D eigenvalue weighted by molar-refractivity contribution is 7.14. The van der Waals surface area contributed by atoms with E-state index < -0.39 is 0 Å². The minimum atomic E-state index is -0.338. The van der Waals surface area contributed by atoms with E-state index in [4.69, 9.17) is 11.5 Å². The lowest BCUT2D eigenvalue weighted by atomic mass is 9.86. The Bertz CT molecular complexity index is 1170. The second-order valence-electron chi connectivity index (χ2n) is 8.08. The molecule has 33 heavy (non-hydrogen) atoms. The minimum absolute atomic E-state index is 0.147. The maximum atomic E-state index is 12.3. The van der Waals surface area contributed by atoms with E-state index in [2.05, 4.69) is 33.8 Å². The van der Waals surface area contributed by atoms with Gasteiger partial charge in [-0.15, -0.1) is 11.3 Å². The molecule has 0 aliphatic heterocycles. The summed E-state index contributed by atoms with van der Waals surface area (Å²) in [6.07, 6.45) is 5.48. The van der Waals surface area contributed by atoms with Gasteiger partial charge in [0.05, 0.1) is 12.2 Å². The van der Waals surface area contributed by atoms with E-state index in [-0.39, 0.29) is 18.4 Å². The molecule has 170 valence electrons. The molecule has 3 aromatic rings. The molecule has 7 nitrogen and oxygen atoms in total. The van der Waals surface area contributed by atoms with Crippen LogP contribution in [0.4, 0.5) is 10.8 Å². The number of hydrogen-bond donors (Lipinski definition) is 4. The van der Waals surface area contributed by atoms with Crippen molar-refractivity contribution in [2.75, 3.05) is 24.1 Å². The quantitative estimate of drug-likeness (QED) is 0.397. The number of aromatic nitrogens is 1. The molecule has 6 N–H and O–H groups in total. The highest BCUT2D eigenvalue weighted by Crippen LogP contribution is 2.32. The molecule has 1 aliphatic rings. The van der Waals surface area contributed by atoms with E-state index in [1.54, 1.807) is 24.3 Å². The Morgan fingerprint density at radius 1 is 1.12 bits per heavy atom. The third-order valence-corrected chi connectivity index (χ3v) is 6.47. The van der Waals surface area contributed by atoms with Gasteiger partial charge in [-0.05, 0) is 73.2 Å². The number of anilines is 2. The van der Waals surface area contributed by atoms with E-state index in [1.807, 2.05) is 17.5 Å². The average molecular weight is 462 g/mol. The van der Waals surface area contributed by atoms with Crippen molar-refractivity contribution in [2.24, 2.45) is 11.7 Å². The Labute approximate surface area is 196 Å². The molecule has 1 aliphatic carbocycles. The number of carbonyl (C=O) groups excluding carboxylic acids is 2. The molecule has 1 unspecified atom stereocenters. The van der Waals surface area contributed by atoms with Crippen molar-refractivity contribution in [2.45, 2.75) is 19.3 Å². The fraction of sp³-hybridized carbons (Fsp3) is 0.240. The number of nitrogens with zero attached hydrogens (tertiary/aromatic N) is 1. The molecule has 0 spiro atoms. The third-order valence-electron chi connectivity index (χ3n) is 5.71. The molecule has 2 amide bonds. The largest absolute Gasteiger partial charge is 0.399 e. The fourth-order valence-electron chi connectivity index (χ4n) is 3.77. The molecule has 0 saturated heterocycles. The van der Waals surface area contributed by atoms with Crippen LogP contribution in [0.1, 0.15) is 35.2 Å². The molecule has 2 aromatic carbocycles. The molecule has 8 heteroatoms. The van der Waals surface area contributed by atoms with E-state index in [1.165, 1.54) is 22.5 Å². The zero-order valence-corrected chi connectivity index (χ0v) is 19.0. The first-order chi connectivity index (χ1) is 16.0. The Morgan fingerprint density at radius 3 is 2.64 bits per heavy atom. The summed E-state index contributed by atoms with van der Waals surface area (Å²) >= 11 is 1.35. The van der Waals surface area contributed by atoms with Gasteiger partial charge in [0.1, 0.15) is 0 Å². The molecular formula is C25H27N5O2S. The lowest BCUT2D eigenvalue weighted by molar-refractivity contribution is -0.115. The third kappa shape index (κ3) is 5.85. The molecule has 1 atom stereocenters. The summed E-state index contributed by atoms with van der Waals surface area (Å²) in [5.41, 5.74) is 16.8. The maximum absolute atomic E-state index is 12.3. The van der Waals surface area contributed by atoms with Crippen molar-refractivity contribution in [1.29, 1.82) is 0 Å². The van der Waals surface area contributed by atoms with Crippen LogP contribution >= 0.6 is 11.3 Å². The molecule has 1 aromatic heterocycles. The molecule has 4 rings (SSSR count). The van der Waals surface area contributed by atoms with Crippen LogP contribution in [0.25, 0.3) is 16.8 Å². The summed E-state index contributed by atoms with van der Waals surface area (Å²) in [6, 6.07) is 14.8. The van der Waals surface area contributed by atoms with Gasteiger partial charge in [-0.1, -0.05) is 24.3 Å². The molecule has 0 bridgehead atoms. The summed E-state index contributed by atoms with van der Waals surface area (Å²) in [5, 5.41) is 7.76. The summed E-state index contributed by atoms with van der Waals surface area (Å²) in [7, 11) is 0. The summed E-state index contributed by atoms with van der Waals surface area (Å²) in [5.74, 6) is -0.0928. The first-order valence-corrected chi connectivity index (χ1v) is 11.8. The average Bonchev–Trinajstić information content (AvgIpc) is 3.31. The predicted octanol–water partition coefficient (Wildman–Crippen LogP) is 3.90. The van der Waals surface area contributed by atoms with Gasteiger partial charge in [-0.3, -0.25) is 9.59 Å². The van der Waals surface area contributed by atoms with Crippen molar-refractivity contribution in [3.05, 3.63) is 71.1 Å². The van der Waals surface area contributed by atoms with Crippen LogP contribution in [0.15, 0.2) is 60.0 Å². The summed E-state index contributed by atoms with van der Waals surface area (Å²) in [6.45, 7) is 0.591. The number of nitrogens with two attached hydrogens (primary N) is 2. The lowest BCUT2D eigenvalue weighted by Crippen LogP contribution is -2.32. The number of nitrogen functional groups attached to an aromatic ring is 1. The highest BCUT2D eigenvalue weighted by Gasteiger charge is 2.15. The van der Waals surface area contributed by atoms with Crippen LogP contribution < -0.4 is 22.1 Å². The van der Waals surface area contributed by atoms with Crippen molar-refractivity contribution < 1.29 is 9.59 Å². The number of nitrogens with one attached hydrogen (secondary N) is 2. The standard InChI is InChI=1S/C25H27N5O2S/c26-13-16-4-6-17(7-5-16)19-2-1-3-20(12-19)22-15-33-25(29-22)30-23(31)14-28-24(32)18-8-10-21(27)11-9-18/h1-3,6,8-12,15-16H,4-5,7,13-14,26-27H2,(H,28,32)(H,29,30,31). The molecule has 0 radical (unpaired) electrons. The second kappa shape index (κ2) is 10.4. The summed E-state index contributed by atoms with van der Waals surface area (Å²) in [4.78, 5) is 29.0. The van der Waals surface area contributed by atoms with E-state index in [0.717, 1.165) is 37.1 Å². The number of amides is 2. The van der Waals surface area contributed by atoms with Crippen LogP contribution in [-0.4, -0.2) is 29.9 Å². The van der Waals surface area contributed by atoms with Crippen LogP contribution in [0.2, 0.25) is 0 Å². The van der Waals surface area contributed by atoms with Gasteiger partial charge < -0.3 is 22.1 Å². The lowest BCUT2D eigenvalue weighted by Gasteiger charge is -2.20. The number of benzene rings is 2. The smallest absolute Gasteiger partial charge is 0.251 e. The van der Waals surface area contributed by atoms with Gasteiger partial charge in [0, 0.05) is 22.2 Å². The molecule has 0 saturated carbocycles. The Kier molecular flexibility index (Phi) is 7.16. The van der Waals surface area contributed by atoms with Gasteiger partial charge in [-0.2, -0.15) is 0 Å². The normalized spacial score (nSPS) is 15.5. The Balaban J connectivity index is 1.35. The number of thiazole rings is 1. The van der Waals surface area contributed by atoms with Crippen molar-refractivity contribution >= 4 is 39.5 Å². The van der Waals surface area contributed by atoms with Gasteiger partial charge in [0.15, 0.2) is 5.13 Å². The van der Waals surface area contributed by atoms with Crippen LogP contribution in [0.3, 0.4) is 0 Å². The number of hydrogen-bond acceptors (Lipinski definition) is 6. The first-order valence-electron chi connectivity index (χ1n) is 10.9. The Morgan fingerprint density at radius 2 is 1.91 bits per heavy atom. The number of allylic oxidation sites excluding steroid dienone is 2. The monoisotopic (exact) mass is 461 g/mol. The number of rotatable bonds is 7. The van der Waals surface area contributed by atoms with Crippen molar-refractivity contribution in [3.63, 3.8) is 0 Å². The van der Waals surface area contributed by atoms with Gasteiger partial charge >= 0.3 is 0 Å². The van der Waals surface area contributed by atoms with Crippen LogP contribution in [-0.2, 0) is 4.79 Å². The van der Waals surface area contributed by atoms with Gasteiger partial charge in [0.25, 0.3) is 5.91 Å². The SMILES string of the molecule is NCC1CC=C(c2cccc(-c3csc(NC(=O)CNC(=O)c4ccc(N)cc4)n3)c2)CC1. The highest BCUT2D eigenvalue weighted by atomic mass is 32.1. The van der Waals surface area contributed by atoms with E-state index in [0.29, 0.717) is 22.3 Å². The van der Waals surface area contributed by atoms with Crippen molar-refractivity contribution in [1.82, 2.24) is 10.3 Å².